The van der Waals surface area contributed by atoms with E-state index in [1.807, 2.05) is 6.92 Å². The summed E-state index contributed by atoms with van der Waals surface area (Å²) in [4.78, 5) is 25.4. The van der Waals surface area contributed by atoms with Crippen molar-refractivity contribution in [3.05, 3.63) is 29.8 Å². The van der Waals surface area contributed by atoms with E-state index in [1.54, 1.807) is 36.3 Å². The molecule has 0 saturated carbocycles. The molecule has 6 heteroatoms. The van der Waals surface area contributed by atoms with Crippen molar-refractivity contribution in [2.75, 3.05) is 26.9 Å². The SMILES string of the molecule is CCN(C(=O)c1ccc(OC)cc1)C1COCC1C(=O)O. The second kappa shape index (κ2) is 6.58. The summed E-state index contributed by atoms with van der Waals surface area (Å²) in [5.41, 5.74) is 0.508. The molecule has 0 bridgehead atoms. The van der Waals surface area contributed by atoms with Crippen molar-refractivity contribution in [1.82, 2.24) is 4.90 Å². The maximum atomic E-state index is 12.6. The lowest BCUT2D eigenvalue weighted by Crippen LogP contribution is -2.46. The average Bonchev–Trinajstić information content (AvgIpc) is 2.97. The Hall–Kier alpha value is -2.08. The third kappa shape index (κ3) is 3.16. The minimum Gasteiger partial charge on any atom is -0.497 e. The number of aliphatic carboxylic acids is 1. The van der Waals surface area contributed by atoms with Crippen LogP contribution in [-0.4, -0.2) is 54.8 Å². The highest BCUT2D eigenvalue weighted by atomic mass is 16.5. The average molecular weight is 293 g/mol. The normalized spacial score (nSPS) is 21.0. The molecule has 1 amide bonds. The molecular weight excluding hydrogens is 274 g/mol. The first-order valence-electron chi connectivity index (χ1n) is 6.84. The first-order valence-corrected chi connectivity index (χ1v) is 6.84. The van der Waals surface area contributed by atoms with Gasteiger partial charge in [-0.2, -0.15) is 0 Å². The van der Waals surface area contributed by atoms with Gasteiger partial charge in [-0.05, 0) is 31.2 Å². The van der Waals surface area contributed by atoms with Crippen LogP contribution < -0.4 is 4.74 Å². The minimum atomic E-state index is -0.932. The quantitative estimate of drug-likeness (QED) is 0.884. The second-order valence-electron chi connectivity index (χ2n) is 4.87. The number of nitrogens with zero attached hydrogens (tertiary/aromatic N) is 1. The van der Waals surface area contributed by atoms with Crippen molar-refractivity contribution in [3.63, 3.8) is 0 Å². The smallest absolute Gasteiger partial charge is 0.311 e. The molecule has 1 aliphatic rings. The first-order chi connectivity index (χ1) is 10.1. The zero-order valence-electron chi connectivity index (χ0n) is 12.1. The fourth-order valence-electron chi connectivity index (χ4n) is 2.51. The van der Waals surface area contributed by atoms with Crippen molar-refractivity contribution < 1.29 is 24.2 Å². The fraction of sp³-hybridized carbons (Fsp3) is 0.467. The molecule has 1 fully saturated rings. The van der Waals surface area contributed by atoms with Gasteiger partial charge in [0.15, 0.2) is 0 Å². The lowest BCUT2D eigenvalue weighted by Gasteiger charge is -2.29. The summed E-state index contributed by atoms with van der Waals surface area (Å²) >= 11 is 0. The van der Waals surface area contributed by atoms with Crippen molar-refractivity contribution in [2.45, 2.75) is 13.0 Å². The molecule has 0 aromatic heterocycles. The Morgan fingerprint density at radius 1 is 1.33 bits per heavy atom. The van der Waals surface area contributed by atoms with Crippen LogP contribution in [0, 0.1) is 5.92 Å². The summed E-state index contributed by atoms with van der Waals surface area (Å²) in [5.74, 6) is -1.13. The minimum absolute atomic E-state index is 0.145. The molecule has 1 aromatic carbocycles. The highest BCUT2D eigenvalue weighted by molar-refractivity contribution is 5.95. The van der Waals surface area contributed by atoms with Gasteiger partial charge in [0, 0.05) is 12.1 Å². The summed E-state index contributed by atoms with van der Waals surface area (Å²) in [7, 11) is 1.56. The Labute approximate surface area is 123 Å². The number of carboxylic acids is 1. The fourth-order valence-corrected chi connectivity index (χ4v) is 2.51. The second-order valence-corrected chi connectivity index (χ2v) is 4.87. The standard InChI is InChI=1S/C15H19NO5/c1-3-16(13-9-21-8-12(13)15(18)19)14(17)10-4-6-11(20-2)7-5-10/h4-7,12-13H,3,8-9H2,1-2H3,(H,18,19). The van der Waals surface area contributed by atoms with Crippen LogP contribution in [0.2, 0.25) is 0 Å². The molecule has 1 aromatic rings. The summed E-state index contributed by atoms with van der Waals surface area (Å²) < 4.78 is 10.3. The summed E-state index contributed by atoms with van der Waals surface area (Å²) in [6, 6.07) is 6.34. The number of methoxy groups -OCH3 is 1. The van der Waals surface area contributed by atoms with Crippen molar-refractivity contribution in [3.8, 4) is 5.75 Å². The van der Waals surface area contributed by atoms with Crippen LogP contribution in [0.3, 0.4) is 0 Å². The first kappa shape index (κ1) is 15.3. The lowest BCUT2D eigenvalue weighted by atomic mass is 10.0. The van der Waals surface area contributed by atoms with Crippen LogP contribution in [0.1, 0.15) is 17.3 Å². The van der Waals surface area contributed by atoms with Gasteiger partial charge in [-0.15, -0.1) is 0 Å². The van der Waals surface area contributed by atoms with Gasteiger partial charge >= 0.3 is 5.97 Å². The number of carbonyl (C=O) groups is 2. The highest BCUT2D eigenvalue weighted by Crippen LogP contribution is 2.22. The largest absolute Gasteiger partial charge is 0.497 e. The van der Waals surface area contributed by atoms with Gasteiger partial charge in [0.05, 0.1) is 26.4 Å². The van der Waals surface area contributed by atoms with Gasteiger partial charge < -0.3 is 19.5 Å². The van der Waals surface area contributed by atoms with E-state index in [2.05, 4.69) is 0 Å². The monoisotopic (exact) mass is 293 g/mol. The third-order valence-corrected chi connectivity index (χ3v) is 3.71. The molecule has 2 rings (SSSR count). The third-order valence-electron chi connectivity index (χ3n) is 3.71. The van der Waals surface area contributed by atoms with E-state index in [0.717, 1.165) is 0 Å². The highest BCUT2D eigenvalue weighted by Gasteiger charge is 2.39. The van der Waals surface area contributed by atoms with Crippen LogP contribution in [0.4, 0.5) is 0 Å². The van der Waals surface area contributed by atoms with Gasteiger partial charge in [-0.3, -0.25) is 9.59 Å². The Morgan fingerprint density at radius 3 is 2.52 bits per heavy atom. The number of carbonyl (C=O) groups excluding carboxylic acids is 1. The molecule has 2 atom stereocenters. The van der Waals surface area contributed by atoms with E-state index in [9.17, 15) is 14.7 Å². The molecule has 0 radical (unpaired) electrons. The van der Waals surface area contributed by atoms with E-state index in [0.29, 0.717) is 17.9 Å². The number of rotatable bonds is 5. The zero-order chi connectivity index (χ0) is 15.4. The summed E-state index contributed by atoms with van der Waals surface area (Å²) in [5, 5.41) is 9.21. The molecular formula is C15H19NO5. The molecule has 1 heterocycles. The van der Waals surface area contributed by atoms with E-state index in [1.165, 1.54) is 0 Å². The van der Waals surface area contributed by atoms with Crippen LogP contribution in [0.5, 0.6) is 5.75 Å². The van der Waals surface area contributed by atoms with Crippen LogP contribution in [0.25, 0.3) is 0 Å². The molecule has 0 aliphatic carbocycles. The Kier molecular flexibility index (Phi) is 4.80. The van der Waals surface area contributed by atoms with Crippen LogP contribution in [-0.2, 0) is 9.53 Å². The van der Waals surface area contributed by atoms with Crippen LogP contribution >= 0.6 is 0 Å². The molecule has 0 spiro atoms. The predicted octanol–water partition coefficient (Wildman–Crippen LogP) is 1.26. The van der Waals surface area contributed by atoms with Gasteiger partial charge in [0.25, 0.3) is 5.91 Å². The lowest BCUT2D eigenvalue weighted by molar-refractivity contribution is -0.142. The van der Waals surface area contributed by atoms with E-state index in [4.69, 9.17) is 9.47 Å². The molecule has 1 saturated heterocycles. The maximum absolute atomic E-state index is 12.6. The molecule has 1 aliphatic heterocycles. The number of benzene rings is 1. The van der Waals surface area contributed by atoms with E-state index < -0.39 is 17.9 Å². The topological polar surface area (TPSA) is 76.1 Å². The number of ether oxygens (including phenoxy) is 2. The van der Waals surface area contributed by atoms with Gasteiger partial charge in [-0.1, -0.05) is 0 Å². The summed E-state index contributed by atoms with van der Waals surface area (Å²) in [6.07, 6.45) is 0. The van der Waals surface area contributed by atoms with Gasteiger partial charge in [-0.25, -0.2) is 0 Å². The Balaban J connectivity index is 2.19. The van der Waals surface area contributed by atoms with Gasteiger partial charge in [0.2, 0.25) is 0 Å². The molecule has 21 heavy (non-hydrogen) atoms. The molecule has 6 nitrogen and oxygen atoms in total. The number of hydrogen-bond acceptors (Lipinski definition) is 4. The summed E-state index contributed by atoms with van der Waals surface area (Å²) in [6.45, 7) is 2.67. The Morgan fingerprint density at radius 2 is 2.00 bits per heavy atom. The van der Waals surface area contributed by atoms with Crippen molar-refractivity contribution in [2.24, 2.45) is 5.92 Å². The van der Waals surface area contributed by atoms with Crippen molar-refractivity contribution >= 4 is 11.9 Å². The predicted molar refractivity (Wildman–Crippen MR) is 75.4 cm³/mol. The zero-order valence-corrected chi connectivity index (χ0v) is 12.1. The van der Waals surface area contributed by atoms with Gasteiger partial charge in [0.1, 0.15) is 11.7 Å². The molecule has 2 unspecified atom stereocenters. The molecule has 114 valence electrons. The van der Waals surface area contributed by atoms with E-state index in [-0.39, 0.29) is 19.1 Å². The maximum Gasteiger partial charge on any atom is 0.311 e. The number of amides is 1. The van der Waals surface area contributed by atoms with Crippen molar-refractivity contribution in [1.29, 1.82) is 0 Å². The number of carboxylic acid groups (broad SMARTS) is 1. The van der Waals surface area contributed by atoms with E-state index >= 15 is 0 Å². The number of hydrogen-bond donors (Lipinski definition) is 1. The molecule has 1 N–H and O–H groups in total. The number of likely N-dealkylation sites (N-methyl/N-ethyl adjacent to an activating group) is 1. The van der Waals surface area contributed by atoms with Crippen LogP contribution in [0.15, 0.2) is 24.3 Å². The Bertz CT molecular complexity index is 513.